The summed E-state index contributed by atoms with van der Waals surface area (Å²) in [4.78, 5) is 7.42. The summed E-state index contributed by atoms with van der Waals surface area (Å²) in [5.74, 6) is 0.615. The summed E-state index contributed by atoms with van der Waals surface area (Å²) in [6, 6.07) is 4.81. The molecule has 0 unspecified atom stereocenters. The highest BCUT2D eigenvalue weighted by Gasteiger charge is 2.42. The van der Waals surface area contributed by atoms with Crippen molar-refractivity contribution < 1.29 is 9.13 Å². The fourth-order valence-electron chi connectivity index (χ4n) is 1.93. The second-order valence-electron chi connectivity index (χ2n) is 4.65. The maximum Gasteiger partial charge on any atom is 0.165 e. The maximum absolute atomic E-state index is 13.6. The Morgan fingerprint density at radius 3 is 2.83 bits per heavy atom. The van der Waals surface area contributed by atoms with Crippen LogP contribution in [-0.4, -0.2) is 17.1 Å². The third-order valence-corrected chi connectivity index (χ3v) is 3.30. The summed E-state index contributed by atoms with van der Waals surface area (Å²) in [6.45, 7) is 0. The molecule has 0 radical (unpaired) electrons. The molecule has 94 valence electrons. The van der Waals surface area contributed by atoms with Crippen molar-refractivity contribution >= 4 is 0 Å². The average molecular weight is 247 g/mol. The van der Waals surface area contributed by atoms with Crippen LogP contribution in [0.3, 0.4) is 0 Å². The first kappa shape index (κ1) is 11.2. The number of methoxy groups -OCH3 is 1. The number of rotatable bonds is 3. The van der Waals surface area contributed by atoms with Crippen LogP contribution in [0.5, 0.6) is 5.75 Å². The van der Waals surface area contributed by atoms with E-state index in [1.54, 1.807) is 18.3 Å². The van der Waals surface area contributed by atoms with Crippen LogP contribution < -0.4 is 10.5 Å². The van der Waals surface area contributed by atoms with Crippen molar-refractivity contribution in [1.29, 1.82) is 0 Å². The molecule has 1 fully saturated rings. The van der Waals surface area contributed by atoms with Gasteiger partial charge in [0.25, 0.3) is 0 Å². The number of imidazole rings is 1. The zero-order valence-electron chi connectivity index (χ0n) is 10.0. The Morgan fingerprint density at radius 1 is 1.44 bits per heavy atom. The topological polar surface area (TPSA) is 63.9 Å². The van der Waals surface area contributed by atoms with Crippen LogP contribution in [0, 0.1) is 5.82 Å². The zero-order chi connectivity index (χ0) is 12.8. The maximum atomic E-state index is 13.6. The van der Waals surface area contributed by atoms with E-state index >= 15 is 0 Å². The number of nitrogens with zero attached hydrogens (tertiary/aromatic N) is 1. The molecule has 1 aromatic heterocycles. The number of hydrogen-bond acceptors (Lipinski definition) is 3. The van der Waals surface area contributed by atoms with E-state index in [9.17, 15) is 4.39 Å². The fraction of sp³-hybridized carbons (Fsp3) is 0.308. The van der Waals surface area contributed by atoms with Crippen molar-refractivity contribution in [2.24, 2.45) is 5.73 Å². The molecule has 0 saturated heterocycles. The van der Waals surface area contributed by atoms with E-state index in [2.05, 4.69) is 9.97 Å². The molecular formula is C13H14FN3O. The lowest BCUT2D eigenvalue weighted by molar-refractivity contribution is 0.386. The molecule has 0 amide bonds. The monoisotopic (exact) mass is 247 g/mol. The molecule has 0 spiro atoms. The van der Waals surface area contributed by atoms with Crippen LogP contribution in [0.2, 0.25) is 0 Å². The smallest absolute Gasteiger partial charge is 0.165 e. The molecule has 0 aliphatic heterocycles. The van der Waals surface area contributed by atoms with Crippen LogP contribution in [0.4, 0.5) is 4.39 Å². The van der Waals surface area contributed by atoms with Gasteiger partial charge in [0.05, 0.1) is 24.5 Å². The second-order valence-corrected chi connectivity index (χ2v) is 4.65. The first-order valence-electron chi connectivity index (χ1n) is 5.81. The van der Waals surface area contributed by atoms with Crippen molar-refractivity contribution in [3.8, 4) is 17.0 Å². The van der Waals surface area contributed by atoms with Crippen LogP contribution in [0.15, 0.2) is 24.4 Å². The quantitative estimate of drug-likeness (QED) is 0.873. The Hall–Kier alpha value is -1.88. The molecule has 4 nitrogen and oxygen atoms in total. The highest BCUT2D eigenvalue weighted by Crippen LogP contribution is 2.41. The van der Waals surface area contributed by atoms with Gasteiger partial charge in [0.1, 0.15) is 5.82 Å². The SMILES string of the molecule is COc1ccc(-c2cnc(C3(N)CC3)[nH]2)cc1F. The number of ether oxygens (including phenoxy) is 1. The van der Waals surface area contributed by atoms with Crippen LogP contribution in [-0.2, 0) is 5.54 Å². The number of nitrogens with two attached hydrogens (primary N) is 1. The van der Waals surface area contributed by atoms with Gasteiger partial charge in [0, 0.05) is 5.56 Å². The summed E-state index contributed by atoms with van der Waals surface area (Å²) in [5, 5.41) is 0. The van der Waals surface area contributed by atoms with Gasteiger partial charge in [-0.3, -0.25) is 0 Å². The lowest BCUT2D eigenvalue weighted by atomic mass is 10.1. The predicted molar refractivity (Wildman–Crippen MR) is 65.6 cm³/mol. The van der Waals surface area contributed by atoms with Crippen molar-refractivity contribution in [1.82, 2.24) is 9.97 Å². The van der Waals surface area contributed by atoms with Crippen LogP contribution in [0.25, 0.3) is 11.3 Å². The Morgan fingerprint density at radius 2 is 2.22 bits per heavy atom. The standard InChI is InChI=1S/C13H14FN3O/c1-18-11-3-2-8(6-9(11)14)10-7-16-12(17-10)13(15)4-5-13/h2-3,6-7H,4-5,15H2,1H3,(H,16,17). The molecular weight excluding hydrogens is 233 g/mol. The van der Waals surface area contributed by atoms with Crippen LogP contribution >= 0.6 is 0 Å². The summed E-state index contributed by atoms with van der Waals surface area (Å²) >= 11 is 0. The van der Waals surface area contributed by atoms with E-state index < -0.39 is 0 Å². The molecule has 1 aromatic carbocycles. The average Bonchev–Trinajstić information content (AvgIpc) is 2.94. The van der Waals surface area contributed by atoms with Gasteiger partial charge in [-0.25, -0.2) is 9.37 Å². The van der Waals surface area contributed by atoms with Crippen molar-refractivity contribution in [3.05, 3.63) is 36.0 Å². The molecule has 3 rings (SSSR count). The number of aromatic amines is 1. The molecule has 1 saturated carbocycles. The number of benzene rings is 1. The number of aromatic nitrogens is 2. The number of nitrogens with one attached hydrogen (secondary N) is 1. The minimum Gasteiger partial charge on any atom is -0.494 e. The third kappa shape index (κ3) is 1.76. The van der Waals surface area contributed by atoms with E-state index in [0.29, 0.717) is 0 Å². The minimum absolute atomic E-state index is 0.232. The van der Waals surface area contributed by atoms with E-state index in [1.807, 2.05) is 0 Å². The lowest BCUT2D eigenvalue weighted by Gasteiger charge is -2.05. The Labute approximate surface area is 104 Å². The van der Waals surface area contributed by atoms with Crippen LogP contribution in [0.1, 0.15) is 18.7 Å². The van der Waals surface area contributed by atoms with E-state index in [1.165, 1.54) is 13.2 Å². The Kier molecular flexibility index (Phi) is 2.38. The van der Waals surface area contributed by atoms with E-state index in [-0.39, 0.29) is 17.1 Å². The Balaban J connectivity index is 1.95. The minimum atomic E-state index is -0.389. The highest BCUT2D eigenvalue weighted by molar-refractivity contribution is 5.60. The summed E-state index contributed by atoms with van der Waals surface area (Å²) in [7, 11) is 1.44. The normalized spacial score (nSPS) is 16.6. The van der Waals surface area contributed by atoms with Gasteiger partial charge in [-0.05, 0) is 31.0 Å². The highest BCUT2D eigenvalue weighted by atomic mass is 19.1. The molecule has 18 heavy (non-hydrogen) atoms. The first-order chi connectivity index (χ1) is 8.62. The summed E-state index contributed by atoms with van der Waals surface area (Å²) < 4.78 is 18.5. The van der Waals surface area contributed by atoms with Gasteiger partial charge in [-0.1, -0.05) is 0 Å². The first-order valence-corrected chi connectivity index (χ1v) is 5.81. The molecule has 0 bridgehead atoms. The fourth-order valence-corrected chi connectivity index (χ4v) is 1.93. The molecule has 1 aliphatic rings. The Bertz CT molecular complexity index is 590. The lowest BCUT2D eigenvalue weighted by Crippen LogP contribution is -2.20. The summed E-state index contributed by atoms with van der Waals surface area (Å²) in [6.07, 6.45) is 3.57. The largest absolute Gasteiger partial charge is 0.494 e. The zero-order valence-corrected chi connectivity index (χ0v) is 10.0. The van der Waals surface area contributed by atoms with Gasteiger partial charge in [-0.2, -0.15) is 0 Å². The third-order valence-electron chi connectivity index (χ3n) is 3.30. The van der Waals surface area contributed by atoms with Crippen molar-refractivity contribution in [2.75, 3.05) is 7.11 Å². The molecule has 5 heteroatoms. The van der Waals surface area contributed by atoms with E-state index in [4.69, 9.17) is 10.5 Å². The predicted octanol–water partition coefficient (Wildman–Crippen LogP) is 2.17. The molecule has 0 atom stereocenters. The van der Waals surface area contributed by atoms with Gasteiger partial charge < -0.3 is 15.5 Å². The van der Waals surface area contributed by atoms with Gasteiger partial charge in [-0.15, -0.1) is 0 Å². The van der Waals surface area contributed by atoms with E-state index in [0.717, 1.165) is 29.9 Å². The number of halogens is 1. The molecule has 1 heterocycles. The van der Waals surface area contributed by atoms with Crippen molar-refractivity contribution in [3.63, 3.8) is 0 Å². The molecule has 2 aromatic rings. The van der Waals surface area contributed by atoms with Crippen molar-refractivity contribution in [2.45, 2.75) is 18.4 Å². The molecule has 3 N–H and O–H groups in total. The van der Waals surface area contributed by atoms with Gasteiger partial charge in [0.2, 0.25) is 0 Å². The van der Waals surface area contributed by atoms with Gasteiger partial charge in [0.15, 0.2) is 11.6 Å². The summed E-state index contributed by atoms with van der Waals surface area (Å²) in [5.41, 5.74) is 7.24. The number of hydrogen-bond donors (Lipinski definition) is 2. The second kappa shape index (κ2) is 3.81. The van der Waals surface area contributed by atoms with Gasteiger partial charge >= 0.3 is 0 Å². The molecule has 1 aliphatic carbocycles. The number of H-pyrrole nitrogens is 1.